The van der Waals surface area contributed by atoms with Crippen LogP contribution in [0.2, 0.25) is 0 Å². The number of rotatable bonds is 10. The van der Waals surface area contributed by atoms with E-state index < -0.39 is 0 Å². The molecule has 0 heterocycles. The van der Waals surface area contributed by atoms with Gasteiger partial charge in [-0.15, -0.1) is 0 Å². The summed E-state index contributed by atoms with van der Waals surface area (Å²) in [5.74, 6) is 0.288. The van der Waals surface area contributed by atoms with Crippen molar-refractivity contribution in [3.8, 4) is 0 Å². The summed E-state index contributed by atoms with van der Waals surface area (Å²) < 4.78 is 16.4. The Labute approximate surface area is 140 Å². The second kappa shape index (κ2) is 10.0. The van der Waals surface area contributed by atoms with E-state index in [2.05, 4.69) is 27.4 Å². The van der Waals surface area contributed by atoms with Crippen molar-refractivity contribution < 1.29 is 19.3 Å². The Morgan fingerprint density at radius 2 is 2.13 bits per heavy atom. The van der Waals surface area contributed by atoms with Gasteiger partial charge in [-0.1, -0.05) is 44.2 Å². The molecule has 1 rings (SSSR count). The highest BCUT2D eigenvalue weighted by atomic mass is 16.7. The van der Waals surface area contributed by atoms with Gasteiger partial charge in [0.15, 0.2) is 0 Å². The molecule has 1 aliphatic rings. The molecule has 23 heavy (non-hydrogen) atoms. The molecule has 0 amide bonds. The van der Waals surface area contributed by atoms with Gasteiger partial charge in [0, 0.05) is 7.11 Å². The van der Waals surface area contributed by atoms with Gasteiger partial charge in [-0.25, -0.2) is 0 Å². The van der Waals surface area contributed by atoms with Crippen LogP contribution in [-0.4, -0.2) is 44.9 Å². The van der Waals surface area contributed by atoms with Crippen molar-refractivity contribution in [3.63, 3.8) is 0 Å². The molecular formula is C19H32O4. The molecule has 0 saturated heterocycles. The van der Waals surface area contributed by atoms with Crippen LogP contribution >= 0.6 is 0 Å². The number of methoxy groups -OCH3 is 1. The van der Waals surface area contributed by atoms with Crippen molar-refractivity contribution in [1.29, 1.82) is 0 Å². The fourth-order valence-electron chi connectivity index (χ4n) is 3.39. The fourth-order valence-corrected chi connectivity index (χ4v) is 3.39. The molecule has 0 bridgehead atoms. The Morgan fingerprint density at radius 3 is 2.74 bits per heavy atom. The van der Waals surface area contributed by atoms with Gasteiger partial charge in [0.1, 0.15) is 6.79 Å². The molecule has 1 aliphatic carbocycles. The lowest BCUT2D eigenvalue weighted by Crippen LogP contribution is -2.40. The van der Waals surface area contributed by atoms with E-state index in [1.54, 1.807) is 13.2 Å². The summed E-state index contributed by atoms with van der Waals surface area (Å²) in [6, 6.07) is 0. The van der Waals surface area contributed by atoms with Crippen LogP contribution in [0.25, 0.3) is 0 Å². The second-order valence-corrected chi connectivity index (χ2v) is 6.55. The highest BCUT2D eigenvalue weighted by molar-refractivity contribution is 5.26. The van der Waals surface area contributed by atoms with E-state index in [9.17, 15) is 5.11 Å². The summed E-state index contributed by atoms with van der Waals surface area (Å²) in [5, 5.41) is 9.77. The predicted molar refractivity (Wildman–Crippen MR) is 93.2 cm³/mol. The van der Waals surface area contributed by atoms with Gasteiger partial charge in [-0.3, -0.25) is 0 Å². The average Bonchev–Trinajstić information content (AvgIpc) is 2.50. The maximum Gasteiger partial charge on any atom is 0.147 e. The van der Waals surface area contributed by atoms with Crippen LogP contribution in [0, 0.1) is 11.3 Å². The van der Waals surface area contributed by atoms with Gasteiger partial charge in [0.2, 0.25) is 0 Å². The van der Waals surface area contributed by atoms with Crippen molar-refractivity contribution in [2.75, 3.05) is 33.7 Å². The summed E-state index contributed by atoms with van der Waals surface area (Å²) in [6.45, 7) is 11.7. The molecule has 132 valence electrons. The SMILES string of the molecule is C=C/C=C/[C@@H](OCOCCOC)[C@@H]1CCC(C)=C(CO)C1(C)C. The van der Waals surface area contributed by atoms with Crippen molar-refractivity contribution in [1.82, 2.24) is 0 Å². The molecule has 1 N–H and O–H groups in total. The lowest BCUT2D eigenvalue weighted by Gasteiger charge is -2.44. The van der Waals surface area contributed by atoms with E-state index in [0.29, 0.717) is 13.2 Å². The third-order valence-corrected chi connectivity index (χ3v) is 4.82. The van der Waals surface area contributed by atoms with Crippen LogP contribution in [0.1, 0.15) is 33.6 Å². The molecule has 2 atom stereocenters. The Kier molecular flexibility index (Phi) is 8.77. The molecule has 0 aromatic rings. The lowest BCUT2D eigenvalue weighted by atomic mass is 9.63. The number of hydrogen-bond donors (Lipinski definition) is 1. The average molecular weight is 324 g/mol. The summed E-state index contributed by atoms with van der Waals surface area (Å²) in [6.07, 6.45) is 7.67. The van der Waals surface area contributed by atoms with E-state index >= 15 is 0 Å². The predicted octanol–water partition coefficient (Wildman–Crippen LogP) is 3.48. The first-order valence-electron chi connectivity index (χ1n) is 8.26. The van der Waals surface area contributed by atoms with Crippen molar-refractivity contribution >= 4 is 0 Å². The summed E-state index contributed by atoms with van der Waals surface area (Å²) in [4.78, 5) is 0. The summed E-state index contributed by atoms with van der Waals surface area (Å²) >= 11 is 0. The maximum atomic E-state index is 9.77. The Morgan fingerprint density at radius 1 is 1.39 bits per heavy atom. The zero-order chi connectivity index (χ0) is 17.3. The van der Waals surface area contributed by atoms with Gasteiger partial charge in [-0.2, -0.15) is 0 Å². The number of aliphatic hydroxyl groups excluding tert-OH is 1. The Hall–Kier alpha value is -0.940. The molecule has 0 aromatic carbocycles. The largest absolute Gasteiger partial charge is 0.392 e. The molecule has 0 unspecified atom stereocenters. The summed E-state index contributed by atoms with van der Waals surface area (Å²) in [7, 11) is 1.65. The first kappa shape index (κ1) is 20.1. The molecule has 4 heteroatoms. The molecule has 0 saturated carbocycles. The van der Waals surface area contributed by atoms with Crippen molar-refractivity contribution in [3.05, 3.63) is 36.0 Å². The number of hydrogen-bond acceptors (Lipinski definition) is 4. The van der Waals surface area contributed by atoms with E-state index in [1.165, 1.54) is 5.57 Å². The smallest absolute Gasteiger partial charge is 0.147 e. The molecule has 0 aromatic heterocycles. The minimum Gasteiger partial charge on any atom is -0.392 e. The van der Waals surface area contributed by atoms with Crippen LogP contribution in [0.5, 0.6) is 0 Å². The third-order valence-electron chi connectivity index (χ3n) is 4.82. The normalized spacial score (nSPS) is 22.6. The zero-order valence-electron chi connectivity index (χ0n) is 15.0. The van der Waals surface area contributed by atoms with Gasteiger partial charge in [-0.05, 0) is 36.7 Å². The van der Waals surface area contributed by atoms with Gasteiger partial charge in [0.05, 0.1) is 25.9 Å². The standard InChI is InChI=1S/C19H32O4/c1-6-7-8-18(23-14-22-12-11-21-5)16-10-9-15(2)17(13-20)19(16,3)4/h6-8,16,18,20H,1,9-14H2,2-5H3/b8-7+/t16-,18+/m0/s1. The number of ether oxygens (including phenoxy) is 3. The van der Waals surface area contributed by atoms with Crippen LogP contribution < -0.4 is 0 Å². The van der Waals surface area contributed by atoms with Crippen LogP contribution in [0.4, 0.5) is 0 Å². The van der Waals surface area contributed by atoms with E-state index in [0.717, 1.165) is 18.4 Å². The van der Waals surface area contributed by atoms with E-state index in [4.69, 9.17) is 14.2 Å². The third kappa shape index (κ3) is 5.57. The summed E-state index contributed by atoms with van der Waals surface area (Å²) in [5.41, 5.74) is 2.32. The first-order chi connectivity index (χ1) is 11.0. The molecule has 0 radical (unpaired) electrons. The molecule has 4 nitrogen and oxygen atoms in total. The lowest BCUT2D eigenvalue weighted by molar-refractivity contribution is -0.111. The van der Waals surface area contributed by atoms with Crippen LogP contribution in [-0.2, 0) is 14.2 Å². The highest BCUT2D eigenvalue weighted by Crippen LogP contribution is 2.46. The minimum absolute atomic E-state index is 0.0693. The van der Waals surface area contributed by atoms with Gasteiger partial charge < -0.3 is 19.3 Å². The van der Waals surface area contributed by atoms with Gasteiger partial charge in [0.25, 0.3) is 0 Å². The number of aliphatic hydroxyl groups is 1. The second-order valence-electron chi connectivity index (χ2n) is 6.55. The van der Waals surface area contributed by atoms with Crippen LogP contribution in [0.3, 0.4) is 0 Å². The van der Waals surface area contributed by atoms with E-state index in [1.807, 2.05) is 12.2 Å². The quantitative estimate of drug-likeness (QED) is 0.289. The first-order valence-corrected chi connectivity index (χ1v) is 8.26. The molecule has 0 aliphatic heterocycles. The van der Waals surface area contributed by atoms with Crippen LogP contribution in [0.15, 0.2) is 36.0 Å². The van der Waals surface area contributed by atoms with Crippen molar-refractivity contribution in [2.45, 2.75) is 39.7 Å². The monoisotopic (exact) mass is 324 g/mol. The Bertz CT molecular complexity index is 423. The fraction of sp³-hybridized carbons (Fsp3) is 0.684. The molecular weight excluding hydrogens is 292 g/mol. The Balaban J connectivity index is 2.81. The topological polar surface area (TPSA) is 47.9 Å². The highest BCUT2D eigenvalue weighted by Gasteiger charge is 2.40. The molecule has 0 fully saturated rings. The van der Waals surface area contributed by atoms with E-state index in [-0.39, 0.29) is 30.8 Å². The zero-order valence-corrected chi connectivity index (χ0v) is 15.0. The number of allylic oxidation sites excluding steroid dienone is 3. The minimum atomic E-state index is -0.111. The molecule has 0 spiro atoms. The maximum absolute atomic E-state index is 9.77. The van der Waals surface area contributed by atoms with Gasteiger partial charge >= 0.3 is 0 Å². The van der Waals surface area contributed by atoms with Crippen molar-refractivity contribution in [2.24, 2.45) is 11.3 Å².